The minimum absolute atomic E-state index is 0.0274. The molecular formula is C24H21F4N3O2. The summed E-state index contributed by atoms with van der Waals surface area (Å²) in [6.45, 7) is 2.14. The molecule has 1 aromatic heterocycles. The van der Waals surface area contributed by atoms with Crippen LogP contribution in [0, 0.1) is 12.7 Å². The predicted molar refractivity (Wildman–Crippen MR) is 114 cm³/mol. The van der Waals surface area contributed by atoms with Crippen LogP contribution in [0.2, 0.25) is 0 Å². The number of carbonyl (C=O) groups excluding carboxylic acids is 1. The molecule has 0 radical (unpaired) electrons. The number of hydrogen-bond donors (Lipinski definition) is 1. The van der Waals surface area contributed by atoms with E-state index < -0.39 is 23.8 Å². The number of anilines is 1. The fraction of sp³-hybridized carbons (Fsp3) is 0.250. The summed E-state index contributed by atoms with van der Waals surface area (Å²) in [7, 11) is 0. The number of halogens is 4. The summed E-state index contributed by atoms with van der Waals surface area (Å²) >= 11 is 0. The van der Waals surface area contributed by atoms with Crippen molar-refractivity contribution in [1.82, 2.24) is 9.88 Å². The lowest BCUT2D eigenvalue weighted by Gasteiger charge is -2.36. The van der Waals surface area contributed by atoms with E-state index in [0.717, 1.165) is 28.8 Å². The van der Waals surface area contributed by atoms with Crippen molar-refractivity contribution in [3.05, 3.63) is 88.9 Å². The number of ether oxygens (including phenoxy) is 1. The number of aromatic nitrogens is 1. The van der Waals surface area contributed by atoms with Gasteiger partial charge in [0.15, 0.2) is 0 Å². The molecule has 0 saturated heterocycles. The van der Waals surface area contributed by atoms with E-state index in [1.165, 1.54) is 29.2 Å². The molecule has 172 valence electrons. The Labute approximate surface area is 188 Å². The second kappa shape index (κ2) is 9.09. The zero-order chi connectivity index (χ0) is 23.6. The quantitative estimate of drug-likeness (QED) is 0.518. The third-order valence-electron chi connectivity index (χ3n) is 5.42. The number of alkyl halides is 3. The maximum atomic E-state index is 13.8. The van der Waals surface area contributed by atoms with E-state index >= 15 is 0 Å². The van der Waals surface area contributed by atoms with Gasteiger partial charge in [-0.2, -0.15) is 13.2 Å². The van der Waals surface area contributed by atoms with Crippen LogP contribution in [0.3, 0.4) is 0 Å². The second-order valence-corrected chi connectivity index (χ2v) is 7.89. The molecule has 1 aliphatic heterocycles. The van der Waals surface area contributed by atoms with Crippen LogP contribution in [0.4, 0.5) is 28.0 Å². The van der Waals surface area contributed by atoms with Gasteiger partial charge in [0.2, 0.25) is 5.88 Å². The van der Waals surface area contributed by atoms with Crippen LogP contribution in [0.5, 0.6) is 5.88 Å². The van der Waals surface area contributed by atoms with E-state index in [4.69, 9.17) is 4.74 Å². The van der Waals surface area contributed by atoms with Gasteiger partial charge in [-0.25, -0.2) is 14.2 Å². The molecule has 2 aromatic carbocycles. The summed E-state index contributed by atoms with van der Waals surface area (Å²) in [6.07, 6.45) is -2.54. The molecule has 1 atom stereocenters. The standard InChI is InChI=1S/C24H21F4N3O2/c1-15-5-8-22(29-12-15)33-14-21-10-17-9-19(25)7-6-16(17)13-31(21)23(32)30-20-4-2-3-18(11-20)24(26,27)28/h2-9,11-12,21H,10,13-14H2,1H3,(H,30,32)/t21-/m0/s1. The van der Waals surface area contributed by atoms with Gasteiger partial charge in [-0.15, -0.1) is 0 Å². The Hall–Kier alpha value is -3.62. The van der Waals surface area contributed by atoms with E-state index in [1.807, 2.05) is 13.0 Å². The van der Waals surface area contributed by atoms with Crippen molar-refractivity contribution >= 4 is 11.7 Å². The second-order valence-electron chi connectivity index (χ2n) is 7.89. The molecule has 1 N–H and O–H groups in total. The molecule has 0 saturated carbocycles. The topological polar surface area (TPSA) is 54.5 Å². The monoisotopic (exact) mass is 459 g/mol. The molecule has 33 heavy (non-hydrogen) atoms. The normalized spacial score (nSPS) is 15.7. The SMILES string of the molecule is Cc1ccc(OC[C@@H]2Cc3cc(F)ccc3CN2C(=O)Nc2cccc(C(F)(F)F)c2)nc1. The smallest absolute Gasteiger partial charge is 0.416 e. The molecule has 0 spiro atoms. The number of fused-ring (bicyclic) bond motifs is 1. The third kappa shape index (κ3) is 5.42. The molecule has 0 bridgehead atoms. The summed E-state index contributed by atoms with van der Waals surface area (Å²) in [5.74, 6) is -0.000590. The highest BCUT2D eigenvalue weighted by Crippen LogP contribution is 2.31. The zero-order valence-electron chi connectivity index (χ0n) is 17.7. The predicted octanol–water partition coefficient (Wildman–Crippen LogP) is 5.59. The van der Waals surface area contributed by atoms with Gasteiger partial charge in [0.25, 0.3) is 0 Å². The van der Waals surface area contributed by atoms with Gasteiger partial charge in [0.05, 0.1) is 11.6 Å². The Balaban J connectivity index is 1.55. The van der Waals surface area contributed by atoms with Crippen molar-refractivity contribution in [3.8, 4) is 5.88 Å². The van der Waals surface area contributed by atoms with E-state index in [1.54, 1.807) is 18.3 Å². The number of nitrogens with one attached hydrogen (secondary N) is 1. The molecular weight excluding hydrogens is 438 g/mol. The van der Waals surface area contributed by atoms with Gasteiger partial charge in [-0.3, -0.25) is 0 Å². The number of rotatable bonds is 4. The number of pyridine rings is 1. The molecule has 3 aromatic rings. The number of urea groups is 1. The average Bonchev–Trinajstić information content (AvgIpc) is 2.77. The van der Waals surface area contributed by atoms with Crippen LogP contribution in [0.25, 0.3) is 0 Å². The van der Waals surface area contributed by atoms with E-state index in [-0.39, 0.29) is 24.7 Å². The highest BCUT2D eigenvalue weighted by molar-refractivity contribution is 5.89. The lowest BCUT2D eigenvalue weighted by Crippen LogP contribution is -2.49. The van der Waals surface area contributed by atoms with Gasteiger partial charge in [-0.05, 0) is 60.4 Å². The van der Waals surface area contributed by atoms with Crippen molar-refractivity contribution < 1.29 is 27.1 Å². The number of amides is 2. The highest BCUT2D eigenvalue weighted by atomic mass is 19.4. The lowest BCUT2D eigenvalue weighted by atomic mass is 9.94. The van der Waals surface area contributed by atoms with Crippen molar-refractivity contribution in [2.75, 3.05) is 11.9 Å². The average molecular weight is 459 g/mol. The number of nitrogens with zero attached hydrogens (tertiary/aromatic N) is 2. The molecule has 9 heteroatoms. The summed E-state index contributed by atoms with van der Waals surface area (Å²) in [4.78, 5) is 18.7. The van der Waals surface area contributed by atoms with Crippen LogP contribution in [0.15, 0.2) is 60.8 Å². The molecule has 4 rings (SSSR count). The van der Waals surface area contributed by atoms with Crippen LogP contribution in [-0.2, 0) is 19.1 Å². The fourth-order valence-electron chi connectivity index (χ4n) is 3.69. The first-order valence-electron chi connectivity index (χ1n) is 10.3. The van der Waals surface area contributed by atoms with Crippen molar-refractivity contribution in [2.45, 2.75) is 32.1 Å². The number of aryl methyl sites for hydroxylation is 1. The summed E-state index contributed by atoms with van der Waals surface area (Å²) in [6, 6.07) is 11.3. The molecule has 0 fully saturated rings. The molecule has 0 unspecified atom stereocenters. The molecule has 2 heterocycles. The lowest BCUT2D eigenvalue weighted by molar-refractivity contribution is -0.137. The Kier molecular flexibility index (Phi) is 6.22. The highest BCUT2D eigenvalue weighted by Gasteiger charge is 2.33. The van der Waals surface area contributed by atoms with E-state index in [2.05, 4.69) is 10.3 Å². The van der Waals surface area contributed by atoms with E-state index in [9.17, 15) is 22.4 Å². The summed E-state index contributed by atoms with van der Waals surface area (Å²) in [5.41, 5.74) is 1.65. The van der Waals surface area contributed by atoms with Crippen LogP contribution in [0.1, 0.15) is 22.3 Å². The largest absolute Gasteiger partial charge is 0.475 e. The third-order valence-corrected chi connectivity index (χ3v) is 5.42. The summed E-state index contributed by atoms with van der Waals surface area (Å²) < 4.78 is 58.6. The van der Waals surface area contributed by atoms with Crippen molar-refractivity contribution in [3.63, 3.8) is 0 Å². The number of benzene rings is 2. The number of carbonyl (C=O) groups is 1. The number of hydrogen-bond acceptors (Lipinski definition) is 3. The maximum Gasteiger partial charge on any atom is 0.416 e. The van der Waals surface area contributed by atoms with Crippen LogP contribution >= 0.6 is 0 Å². The Bertz CT molecular complexity index is 1150. The first kappa shape index (κ1) is 22.6. The first-order chi connectivity index (χ1) is 15.7. The van der Waals surface area contributed by atoms with E-state index in [0.29, 0.717) is 12.3 Å². The Morgan fingerprint density at radius 2 is 1.97 bits per heavy atom. The molecule has 0 aliphatic carbocycles. The van der Waals surface area contributed by atoms with Crippen molar-refractivity contribution in [1.29, 1.82) is 0 Å². The Morgan fingerprint density at radius 1 is 1.15 bits per heavy atom. The summed E-state index contributed by atoms with van der Waals surface area (Å²) in [5, 5.41) is 2.54. The van der Waals surface area contributed by atoms with Gasteiger partial charge in [-0.1, -0.05) is 18.2 Å². The molecule has 5 nitrogen and oxygen atoms in total. The van der Waals surface area contributed by atoms with Crippen molar-refractivity contribution in [2.24, 2.45) is 0 Å². The maximum absolute atomic E-state index is 13.8. The fourth-order valence-corrected chi connectivity index (χ4v) is 3.69. The zero-order valence-corrected chi connectivity index (χ0v) is 17.7. The van der Waals surface area contributed by atoms with Gasteiger partial charge in [0, 0.05) is 24.5 Å². The van der Waals surface area contributed by atoms with Gasteiger partial charge in [0.1, 0.15) is 12.4 Å². The van der Waals surface area contributed by atoms with Crippen LogP contribution in [-0.4, -0.2) is 28.6 Å². The minimum Gasteiger partial charge on any atom is -0.475 e. The minimum atomic E-state index is -4.52. The van der Waals surface area contributed by atoms with Crippen LogP contribution < -0.4 is 10.1 Å². The van der Waals surface area contributed by atoms with Gasteiger partial charge >= 0.3 is 12.2 Å². The molecule has 2 amide bonds. The first-order valence-corrected chi connectivity index (χ1v) is 10.3. The Morgan fingerprint density at radius 3 is 2.70 bits per heavy atom. The van der Waals surface area contributed by atoms with Gasteiger partial charge < -0.3 is 15.0 Å². The molecule has 1 aliphatic rings.